The number of piperidine rings is 1. The minimum atomic E-state index is -2.40. The monoisotopic (exact) mass is 521 g/mol. The van der Waals surface area contributed by atoms with Crippen molar-refractivity contribution in [1.82, 2.24) is 4.90 Å². The Kier molecular flexibility index (Phi) is 10.8. The molecule has 0 radical (unpaired) electrons. The molecule has 2 rings (SSSR count). The maximum atomic E-state index is 14.0. The van der Waals surface area contributed by atoms with E-state index in [0.29, 0.717) is 25.7 Å². The molecule has 1 amide bonds. The molecule has 0 saturated carbocycles. The lowest BCUT2D eigenvalue weighted by atomic mass is 9.83. The number of hydrogen-bond donors (Lipinski definition) is 0. The van der Waals surface area contributed by atoms with Crippen LogP contribution in [0.25, 0.3) is 0 Å². The molecule has 0 aliphatic carbocycles. The van der Waals surface area contributed by atoms with E-state index in [1.165, 1.54) is 12.0 Å². The van der Waals surface area contributed by atoms with Gasteiger partial charge in [0.15, 0.2) is 14.1 Å². The van der Waals surface area contributed by atoms with Gasteiger partial charge in [-0.3, -0.25) is 14.4 Å². The molecule has 202 valence electrons. The molecular weight excluding hydrogens is 478 g/mol. The van der Waals surface area contributed by atoms with Crippen LogP contribution in [0.1, 0.15) is 58.8 Å². The summed E-state index contributed by atoms with van der Waals surface area (Å²) < 4.78 is 17.7. The van der Waals surface area contributed by atoms with Gasteiger partial charge in [-0.2, -0.15) is 0 Å². The van der Waals surface area contributed by atoms with Gasteiger partial charge in [0.1, 0.15) is 6.04 Å². The number of carbonyl (C=O) groups excluding carboxylic acids is 4. The predicted molar refractivity (Wildman–Crippen MR) is 140 cm³/mol. The van der Waals surface area contributed by atoms with Crippen LogP contribution in [0, 0.1) is 11.8 Å². The Bertz CT molecular complexity index is 865. The van der Waals surface area contributed by atoms with Crippen molar-refractivity contribution in [3.63, 3.8) is 0 Å². The minimum absolute atomic E-state index is 0.0962. The van der Waals surface area contributed by atoms with Crippen LogP contribution < -0.4 is 0 Å². The Morgan fingerprint density at radius 3 is 2.44 bits per heavy atom. The first-order valence-corrected chi connectivity index (χ1v) is 16.4. The number of allylic oxidation sites excluding steroid dienone is 3. The summed E-state index contributed by atoms with van der Waals surface area (Å²) in [5.74, 6) is -4.94. The van der Waals surface area contributed by atoms with Gasteiger partial charge in [-0.15, -0.1) is 6.58 Å². The van der Waals surface area contributed by atoms with E-state index in [1.807, 2.05) is 32.6 Å². The molecule has 0 aromatic carbocycles. The normalized spacial score (nSPS) is 27.9. The van der Waals surface area contributed by atoms with Crippen molar-refractivity contribution in [3.8, 4) is 0 Å². The van der Waals surface area contributed by atoms with Crippen LogP contribution in [0.3, 0.4) is 0 Å². The highest BCUT2D eigenvalue weighted by atomic mass is 28.4. The van der Waals surface area contributed by atoms with Gasteiger partial charge in [-0.1, -0.05) is 26.0 Å². The minimum Gasteiger partial charge on any atom is -0.467 e. The first-order valence-electron chi connectivity index (χ1n) is 13.0. The van der Waals surface area contributed by atoms with Crippen molar-refractivity contribution < 1.29 is 33.1 Å². The average Bonchev–Trinajstić information content (AvgIpc) is 2.85. The highest BCUT2D eigenvalue weighted by Gasteiger charge is 2.57. The fourth-order valence-corrected chi connectivity index (χ4v) is 6.09. The number of esters is 1. The van der Waals surface area contributed by atoms with E-state index in [4.69, 9.17) is 13.9 Å². The first kappa shape index (κ1) is 30.1. The molecule has 0 N–H and O–H groups in total. The van der Waals surface area contributed by atoms with E-state index in [-0.39, 0.29) is 12.3 Å². The van der Waals surface area contributed by atoms with Crippen molar-refractivity contribution in [3.05, 3.63) is 24.8 Å². The smallest absolute Gasteiger partial charge is 0.328 e. The molecule has 0 aromatic rings. The Labute approximate surface area is 216 Å². The number of rotatable bonds is 11. The van der Waals surface area contributed by atoms with Crippen LogP contribution in [-0.2, 0) is 33.1 Å². The van der Waals surface area contributed by atoms with Crippen LogP contribution >= 0.6 is 0 Å². The lowest BCUT2D eigenvalue weighted by Gasteiger charge is -2.48. The fourth-order valence-electron chi connectivity index (χ4n) is 4.84. The Morgan fingerprint density at radius 2 is 1.83 bits per heavy atom. The second-order valence-electron chi connectivity index (χ2n) is 10.8. The quantitative estimate of drug-likeness (QED) is 0.100. The average molecular weight is 522 g/mol. The third-order valence-electron chi connectivity index (χ3n) is 6.89. The maximum Gasteiger partial charge on any atom is 0.328 e. The van der Waals surface area contributed by atoms with Crippen molar-refractivity contribution >= 4 is 31.8 Å². The Morgan fingerprint density at radius 1 is 1.14 bits per heavy atom. The lowest BCUT2D eigenvalue weighted by molar-refractivity contribution is -0.259. The molecule has 8 nitrogen and oxygen atoms in total. The fraction of sp³-hybridized carbons (Fsp3) is 0.704. The van der Waals surface area contributed by atoms with Crippen LogP contribution in [0.4, 0.5) is 0 Å². The summed E-state index contributed by atoms with van der Waals surface area (Å²) in [5, 5.41) is 0. The number of Topliss-reactive ketones (excluding diaryl/α,β-unsaturated/α-hetero) is 1. The SMILES string of the molecule is C=CCC/C=C/C(=O)[C@@H](C)[C@@H]1CC[C@@H](C)[C@](O[Si](C)(C)C)(C(=O)C(=O)N2CCCC[C@H]2C(=O)OC)O1. The summed E-state index contributed by atoms with van der Waals surface area (Å²) >= 11 is 0. The first-order chi connectivity index (χ1) is 16.9. The summed E-state index contributed by atoms with van der Waals surface area (Å²) in [6, 6.07) is -0.806. The number of carbonyl (C=O) groups is 4. The standard InChI is InChI=1S/C27H43NO7Si/c1-8-9-10-11-15-22(29)20(3)23-17-16-19(2)27(34-23,35-36(5,6)7)24(30)25(31)28-18-13-12-14-21(28)26(32)33-4/h8,11,15,19-21,23H,1,9-10,12-14,16-18H2,2-7H3/b15-11+/t19-,20-,21+,23+,27+/m1/s1. The number of methoxy groups -OCH3 is 1. The third kappa shape index (κ3) is 7.23. The Balaban J connectivity index is 2.37. The number of nitrogens with zero attached hydrogens (tertiary/aromatic N) is 1. The summed E-state index contributed by atoms with van der Waals surface area (Å²) in [4.78, 5) is 54.1. The highest BCUT2D eigenvalue weighted by molar-refractivity contribution is 6.70. The van der Waals surface area contributed by atoms with Gasteiger partial charge in [0.25, 0.3) is 11.7 Å². The van der Waals surface area contributed by atoms with Crippen LogP contribution in [0.15, 0.2) is 24.8 Å². The number of likely N-dealkylation sites (tertiary alicyclic amines) is 1. The van der Waals surface area contributed by atoms with Crippen molar-refractivity contribution in [2.24, 2.45) is 11.8 Å². The van der Waals surface area contributed by atoms with Gasteiger partial charge in [0.05, 0.1) is 13.2 Å². The zero-order valence-electron chi connectivity index (χ0n) is 22.7. The van der Waals surface area contributed by atoms with E-state index in [2.05, 4.69) is 6.58 Å². The van der Waals surface area contributed by atoms with Gasteiger partial charge >= 0.3 is 5.97 Å². The molecule has 0 unspecified atom stereocenters. The number of unbranched alkanes of at least 4 members (excludes halogenated alkanes) is 1. The van der Waals surface area contributed by atoms with E-state index >= 15 is 0 Å². The predicted octanol–water partition coefficient (Wildman–Crippen LogP) is 4.20. The van der Waals surface area contributed by atoms with Gasteiger partial charge in [0.2, 0.25) is 5.79 Å². The molecular formula is C27H43NO7Si. The van der Waals surface area contributed by atoms with E-state index in [0.717, 1.165) is 19.3 Å². The topological polar surface area (TPSA) is 99.2 Å². The zero-order chi connectivity index (χ0) is 27.1. The molecule has 2 aliphatic heterocycles. The summed E-state index contributed by atoms with van der Waals surface area (Å²) in [6.45, 7) is 13.4. The molecule has 9 heteroatoms. The molecule has 2 fully saturated rings. The van der Waals surface area contributed by atoms with E-state index in [9.17, 15) is 19.2 Å². The summed E-state index contributed by atoms with van der Waals surface area (Å²) in [5.41, 5.74) is 0. The zero-order valence-corrected chi connectivity index (χ0v) is 23.7. The number of amides is 1. The molecule has 2 aliphatic rings. The molecule has 0 bridgehead atoms. The van der Waals surface area contributed by atoms with Crippen LogP contribution in [0.5, 0.6) is 0 Å². The lowest BCUT2D eigenvalue weighted by Crippen LogP contribution is -2.64. The van der Waals surface area contributed by atoms with Gasteiger partial charge < -0.3 is 18.8 Å². The molecule has 5 atom stereocenters. The number of ether oxygens (including phenoxy) is 2. The maximum absolute atomic E-state index is 14.0. The second kappa shape index (κ2) is 12.9. The summed E-state index contributed by atoms with van der Waals surface area (Å²) in [6.07, 6.45) is 9.11. The molecule has 2 saturated heterocycles. The van der Waals surface area contributed by atoms with Crippen LogP contribution in [-0.4, -0.2) is 68.2 Å². The third-order valence-corrected chi connectivity index (χ3v) is 7.81. The van der Waals surface area contributed by atoms with Gasteiger partial charge in [-0.25, -0.2) is 4.79 Å². The molecule has 0 spiro atoms. The van der Waals surface area contributed by atoms with Crippen molar-refractivity contribution in [1.29, 1.82) is 0 Å². The molecule has 0 aromatic heterocycles. The van der Waals surface area contributed by atoms with Crippen molar-refractivity contribution in [2.45, 2.75) is 96.4 Å². The largest absolute Gasteiger partial charge is 0.467 e. The Hall–Kier alpha value is -2.10. The highest BCUT2D eigenvalue weighted by Crippen LogP contribution is 2.41. The van der Waals surface area contributed by atoms with Gasteiger partial charge in [0, 0.05) is 18.4 Å². The summed E-state index contributed by atoms with van der Waals surface area (Å²) in [7, 11) is -1.12. The van der Waals surface area contributed by atoms with Crippen LogP contribution in [0.2, 0.25) is 19.6 Å². The van der Waals surface area contributed by atoms with E-state index in [1.54, 1.807) is 19.1 Å². The molecule has 36 heavy (non-hydrogen) atoms. The van der Waals surface area contributed by atoms with Gasteiger partial charge in [-0.05, 0) is 70.7 Å². The second-order valence-corrected chi connectivity index (χ2v) is 15.3. The van der Waals surface area contributed by atoms with E-state index < -0.39 is 55.7 Å². The number of hydrogen-bond acceptors (Lipinski definition) is 7. The molecule has 2 heterocycles. The van der Waals surface area contributed by atoms with Crippen molar-refractivity contribution in [2.75, 3.05) is 13.7 Å². The number of ketones is 2.